The van der Waals surface area contributed by atoms with Gasteiger partial charge in [-0.1, -0.05) is 18.2 Å². The number of pyridine rings is 1. The molecule has 0 N–H and O–H groups in total. The number of fused-ring (bicyclic) bond motifs is 5. The van der Waals surface area contributed by atoms with Gasteiger partial charge in [0, 0.05) is 17.0 Å². The van der Waals surface area contributed by atoms with Gasteiger partial charge in [0.2, 0.25) is 0 Å². The lowest BCUT2D eigenvalue weighted by molar-refractivity contribution is 0.146. The zero-order valence-electron chi connectivity index (χ0n) is 18.5. The van der Waals surface area contributed by atoms with Crippen molar-refractivity contribution in [2.75, 3.05) is 0 Å². The van der Waals surface area contributed by atoms with E-state index in [1.165, 1.54) is 34.3 Å². The van der Waals surface area contributed by atoms with Crippen LogP contribution in [0.15, 0.2) is 54.9 Å². The summed E-state index contributed by atoms with van der Waals surface area (Å²) in [6, 6.07) is 11.8. The van der Waals surface area contributed by atoms with Crippen LogP contribution in [0.4, 0.5) is 17.6 Å². The molecule has 0 fully saturated rings. The van der Waals surface area contributed by atoms with Gasteiger partial charge in [-0.2, -0.15) is 0 Å². The zero-order valence-corrected chi connectivity index (χ0v) is 19.4. The third kappa shape index (κ3) is 3.81. The number of halogens is 4. The topological polar surface area (TPSA) is 65.2 Å². The number of hydrogen-bond acceptors (Lipinski definition) is 6. The number of nitrogens with zero attached hydrogens (tertiary/aromatic N) is 5. The third-order valence-corrected chi connectivity index (χ3v) is 6.75. The second-order valence-electron chi connectivity index (χ2n) is 8.14. The molecule has 11 heteroatoms. The molecule has 0 aliphatic carbocycles. The molecule has 6 rings (SSSR count). The van der Waals surface area contributed by atoms with Crippen LogP contribution in [0.25, 0.3) is 37.5 Å². The van der Waals surface area contributed by atoms with E-state index in [-0.39, 0.29) is 18.1 Å². The molecule has 0 unspecified atom stereocenters. The molecule has 0 saturated heterocycles. The van der Waals surface area contributed by atoms with Crippen molar-refractivity contribution < 1.29 is 22.3 Å². The van der Waals surface area contributed by atoms with Crippen LogP contribution in [-0.2, 0) is 6.61 Å². The minimum atomic E-state index is -2.67. The summed E-state index contributed by atoms with van der Waals surface area (Å²) in [5.41, 5.74) is 3.00. The number of ether oxygens (including phenoxy) is 1. The van der Waals surface area contributed by atoms with Gasteiger partial charge in [-0.3, -0.25) is 0 Å². The Labute approximate surface area is 204 Å². The first kappa shape index (κ1) is 22.4. The van der Waals surface area contributed by atoms with Gasteiger partial charge in [-0.15, -0.1) is 16.4 Å². The fraction of sp³-hybridized carbons (Fsp3) is 0.120. The molecule has 180 valence electrons. The van der Waals surface area contributed by atoms with Crippen LogP contribution in [0.2, 0.25) is 0 Å². The predicted molar refractivity (Wildman–Crippen MR) is 127 cm³/mol. The number of alkyl halides is 2. The molecular weight excluding hydrogens is 494 g/mol. The lowest BCUT2D eigenvalue weighted by atomic mass is 10.1. The highest BCUT2D eigenvalue weighted by molar-refractivity contribution is 7.26. The standard InChI is InChI=1S/C25H15F4N5OS/c1-12-7-17(22(28)29)31-25-19(12)20-21(36-25)24-32-23(33-34(24)11-30-20)14-4-2-3-13(8-14)10-35-18-6-5-15(26)9-16(18)27/h2-9,11,22H,10H2,1H3. The van der Waals surface area contributed by atoms with Crippen LogP contribution in [0, 0.1) is 18.6 Å². The van der Waals surface area contributed by atoms with Crippen molar-refractivity contribution in [2.24, 2.45) is 0 Å². The second kappa shape index (κ2) is 8.52. The largest absolute Gasteiger partial charge is 0.486 e. The van der Waals surface area contributed by atoms with Crippen molar-refractivity contribution in [3.05, 3.63) is 83.3 Å². The van der Waals surface area contributed by atoms with Gasteiger partial charge in [0.15, 0.2) is 23.0 Å². The van der Waals surface area contributed by atoms with Crippen LogP contribution < -0.4 is 4.74 Å². The molecule has 4 aromatic heterocycles. The Balaban J connectivity index is 1.37. The molecular formula is C25H15F4N5OS. The molecule has 6 aromatic rings. The molecule has 0 aliphatic heterocycles. The Bertz CT molecular complexity index is 1780. The number of aromatic nitrogens is 5. The maximum absolute atomic E-state index is 13.9. The summed E-state index contributed by atoms with van der Waals surface area (Å²) < 4.78 is 61.2. The van der Waals surface area contributed by atoms with Crippen molar-refractivity contribution >= 4 is 37.4 Å². The Morgan fingerprint density at radius 2 is 1.92 bits per heavy atom. The number of thiophene rings is 1. The van der Waals surface area contributed by atoms with E-state index in [1.807, 2.05) is 18.2 Å². The SMILES string of the molecule is Cc1cc(C(F)F)nc2sc3c(ncn4nc(-c5cccc(COc6ccc(F)cc6F)c5)nc34)c12. The van der Waals surface area contributed by atoms with Crippen LogP contribution in [-0.4, -0.2) is 24.6 Å². The van der Waals surface area contributed by atoms with Crippen molar-refractivity contribution in [1.82, 2.24) is 24.6 Å². The van der Waals surface area contributed by atoms with E-state index >= 15 is 0 Å². The molecule has 0 aliphatic rings. The van der Waals surface area contributed by atoms with Gasteiger partial charge in [0.1, 0.15) is 34.0 Å². The van der Waals surface area contributed by atoms with Gasteiger partial charge < -0.3 is 4.74 Å². The summed E-state index contributed by atoms with van der Waals surface area (Å²) in [5.74, 6) is -1.08. The van der Waals surface area contributed by atoms with Crippen molar-refractivity contribution in [1.29, 1.82) is 0 Å². The fourth-order valence-electron chi connectivity index (χ4n) is 4.02. The Kier molecular flexibility index (Phi) is 5.29. The summed E-state index contributed by atoms with van der Waals surface area (Å²) in [5, 5.41) is 5.24. The van der Waals surface area contributed by atoms with Crippen LogP contribution in [0.1, 0.15) is 23.2 Å². The van der Waals surface area contributed by atoms with Crippen LogP contribution in [0.5, 0.6) is 5.75 Å². The number of benzene rings is 2. The lowest BCUT2D eigenvalue weighted by Gasteiger charge is -2.08. The normalized spacial score (nSPS) is 11.8. The molecule has 0 spiro atoms. The second-order valence-corrected chi connectivity index (χ2v) is 9.14. The van der Waals surface area contributed by atoms with Gasteiger partial charge >= 0.3 is 0 Å². The highest BCUT2D eigenvalue weighted by Gasteiger charge is 2.19. The van der Waals surface area contributed by atoms with Crippen molar-refractivity contribution in [3.8, 4) is 17.1 Å². The summed E-state index contributed by atoms with van der Waals surface area (Å²) >= 11 is 1.24. The first-order chi connectivity index (χ1) is 17.4. The highest BCUT2D eigenvalue weighted by atomic mass is 32.1. The minimum absolute atomic E-state index is 0.0511. The summed E-state index contributed by atoms with van der Waals surface area (Å²) in [6.07, 6.45) is -1.13. The number of aryl methyl sites for hydroxylation is 1. The zero-order chi connectivity index (χ0) is 25.0. The highest BCUT2D eigenvalue weighted by Crippen LogP contribution is 2.37. The maximum Gasteiger partial charge on any atom is 0.280 e. The monoisotopic (exact) mass is 509 g/mol. The van der Waals surface area contributed by atoms with E-state index in [1.54, 1.807) is 13.0 Å². The summed E-state index contributed by atoms with van der Waals surface area (Å²) in [4.78, 5) is 13.8. The van der Waals surface area contributed by atoms with E-state index in [4.69, 9.17) is 4.74 Å². The average molecular weight is 509 g/mol. The van der Waals surface area contributed by atoms with E-state index in [2.05, 4.69) is 20.1 Å². The molecule has 2 aromatic carbocycles. The van der Waals surface area contributed by atoms with Crippen LogP contribution >= 0.6 is 11.3 Å². The molecule has 36 heavy (non-hydrogen) atoms. The average Bonchev–Trinajstić information content (AvgIpc) is 3.45. The molecule has 0 radical (unpaired) electrons. The fourth-order valence-corrected chi connectivity index (χ4v) is 5.21. The van der Waals surface area contributed by atoms with E-state index in [0.717, 1.165) is 23.1 Å². The molecule has 0 saturated carbocycles. The molecule has 0 bridgehead atoms. The minimum Gasteiger partial charge on any atom is -0.486 e. The van der Waals surface area contributed by atoms with Crippen LogP contribution in [0.3, 0.4) is 0 Å². The van der Waals surface area contributed by atoms with E-state index in [9.17, 15) is 17.6 Å². The van der Waals surface area contributed by atoms with Gasteiger partial charge in [0.25, 0.3) is 6.43 Å². The van der Waals surface area contributed by atoms with Gasteiger partial charge in [-0.25, -0.2) is 37.0 Å². The summed E-state index contributed by atoms with van der Waals surface area (Å²) in [6.45, 7) is 1.82. The summed E-state index contributed by atoms with van der Waals surface area (Å²) in [7, 11) is 0. The number of hydrogen-bond donors (Lipinski definition) is 0. The quantitative estimate of drug-likeness (QED) is 0.243. The Hall–Kier alpha value is -4.12. The molecule has 4 heterocycles. The van der Waals surface area contributed by atoms with Gasteiger partial charge in [-0.05, 0) is 42.3 Å². The lowest BCUT2D eigenvalue weighted by Crippen LogP contribution is -1.98. The van der Waals surface area contributed by atoms with E-state index in [0.29, 0.717) is 37.6 Å². The van der Waals surface area contributed by atoms with Crippen molar-refractivity contribution in [3.63, 3.8) is 0 Å². The van der Waals surface area contributed by atoms with E-state index < -0.39 is 18.1 Å². The molecule has 0 atom stereocenters. The third-order valence-electron chi connectivity index (χ3n) is 5.68. The maximum atomic E-state index is 13.9. The first-order valence-electron chi connectivity index (χ1n) is 10.8. The number of rotatable bonds is 5. The van der Waals surface area contributed by atoms with Crippen molar-refractivity contribution in [2.45, 2.75) is 20.0 Å². The smallest absolute Gasteiger partial charge is 0.280 e. The molecule has 6 nitrogen and oxygen atoms in total. The predicted octanol–water partition coefficient (Wildman–Crippen LogP) is 6.66. The van der Waals surface area contributed by atoms with Gasteiger partial charge in [0.05, 0.1) is 5.52 Å². The molecule has 0 amide bonds. The Morgan fingerprint density at radius 3 is 2.72 bits per heavy atom. The first-order valence-corrected chi connectivity index (χ1v) is 11.6. The Morgan fingerprint density at radius 1 is 1.06 bits per heavy atom.